The van der Waals surface area contributed by atoms with Crippen LogP contribution in [0.5, 0.6) is 0 Å². The second-order valence-corrected chi connectivity index (χ2v) is 19.5. The Bertz CT molecular complexity index is 1170. The lowest BCUT2D eigenvalue weighted by molar-refractivity contribution is -0.167. The lowest BCUT2D eigenvalue weighted by Crippen LogP contribution is -2.30. The molecule has 6 heteroatoms. The molecule has 6 nitrogen and oxygen atoms in total. The second kappa shape index (κ2) is 56.0. The van der Waals surface area contributed by atoms with Crippen LogP contribution in [0, 0.1) is 0 Å². The van der Waals surface area contributed by atoms with Crippen molar-refractivity contribution in [1.29, 1.82) is 0 Å². The molecule has 0 aromatic carbocycles. The van der Waals surface area contributed by atoms with Crippen LogP contribution >= 0.6 is 0 Å². The predicted octanol–water partition coefficient (Wildman–Crippen LogP) is 19.4. The lowest BCUT2D eigenvalue weighted by atomic mass is 10.0. The Kier molecular flexibility index (Phi) is 53.8. The number of hydrogen-bond acceptors (Lipinski definition) is 6. The fourth-order valence-corrected chi connectivity index (χ4v) is 8.45. The average Bonchev–Trinajstić information content (AvgIpc) is 3.33. The molecule has 0 saturated carbocycles. The Morgan fingerprint density at radius 1 is 0.313 bits per heavy atom. The van der Waals surface area contributed by atoms with Crippen LogP contribution in [0.3, 0.4) is 0 Å². The maximum absolute atomic E-state index is 12.9. The van der Waals surface area contributed by atoms with Crippen molar-refractivity contribution in [3.8, 4) is 0 Å². The maximum atomic E-state index is 12.9. The maximum Gasteiger partial charge on any atom is 0.306 e. The van der Waals surface area contributed by atoms with E-state index in [-0.39, 0.29) is 31.1 Å². The van der Waals surface area contributed by atoms with Gasteiger partial charge in [0.1, 0.15) is 13.2 Å². The van der Waals surface area contributed by atoms with Gasteiger partial charge in [-0.05, 0) is 77.0 Å². The van der Waals surface area contributed by atoms with E-state index in [0.717, 1.165) is 77.0 Å². The summed E-state index contributed by atoms with van der Waals surface area (Å²) in [6.07, 6.45) is 68.1. The summed E-state index contributed by atoms with van der Waals surface area (Å²) in [5.41, 5.74) is 0. The number of hydrogen-bond donors (Lipinski definition) is 0. The third-order valence-corrected chi connectivity index (χ3v) is 12.8. The Morgan fingerprint density at radius 3 is 0.925 bits per heavy atom. The largest absolute Gasteiger partial charge is 0.462 e. The molecule has 0 fully saturated rings. The van der Waals surface area contributed by atoms with Crippen LogP contribution < -0.4 is 0 Å². The highest BCUT2D eigenvalue weighted by molar-refractivity contribution is 5.71. The van der Waals surface area contributed by atoms with Gasteiger partial charge in [0.2, 0.25) is 0 Å². The van der Waals surface area contributed by atoms with Crippen LogP contribution in [-0.2, 0) is 28.6 Å². The second-order valence-electron chi connectivity index (χ2n) is 19.5. The van der Waals surface area contributed by atoms with E-state index in [0.29, 0.717) is 19.3 Å². The Morgan fingerprint density at radius 2 is 0.582 bits per heavy atom. The Labute approximate surface area is 416 Å². The van der Waals surface area contributed by atoms with Crippen molar-refractivity contribution < 1.29 is 28.6 Å². The number of ether oxygens (including phenoxy) is 3. The Balaban J connectivity index is 4.34. The van der Waals surface area contributed by atoms with E-state index in [1.807, 2.05) is 0 Å². The van der Waals surface area contributed by atoms with E-state index in [4.69, 9.17) is 14.2 Å². The van der Waals surface area contributed by atoms with Crippen molar-refractivity contribution in [1.82, 2.24) is 0 Å². The standard InChI is InChI=1S/C61H110O6/c1-4-7-10-13-16-19-22-25-27-29-30-32-33-36-39-42-45-48-51-54-60(63)66-57-58(56-65-59(62)53-50-47-44-41-38-35-24-21-18-15-12-9-6-3)67-61(64)55-52-49-46-43-40-37-34-31-28-26-23-20-17-14-11-8-5-2/h7,10,16,19,25-28,58H,4-6,8-9,11-15,17-18,20-24,29-57H2,1-3H3/b10-7-,19-16-,27-25-,28-26-. The first-order chi connectivity index (χ1) is 33.0. The Hall–Kier alpha value is -2.63. The van der Waals surface area contributed by atoms with Gasteiger partial charge in [0, 0.05) is 19.3 Å². The fourth-order valence-electron chi connectivity index (χ4n) is 8.45. The smallest absolute Gasteiger partial charge is 0.306 e. The molecule has 0 saturated heterocycles. The van der Waals surface area contributed by atoms with Crippen molar-refractivity contribution in [2.45, 2.75) is 309 Å². The summed E-state index contributed by atoms with van der Waals surface area (Å²) in [6, 6.07) is 0. The SMILES string of the molecule is CC/C=C\C/C=C\C/C=C\CCCCCCCCCCCC(=O)OCC(COC(=O)CCCCCCCCCCCCCCC)OC(=O)CCCCCCCCC/C=C\CCCCCCCC. The van der Waals surface area contributed by atoms with E-state index in [1.54, 1.807) is 0 Å². The van der Waals surface area contributed by atoms with E-state index < -0.39 is 6.10 Å². The lowest BCUT2D eigenvalue weighted by Gasteiger charge is -2.18. The minimum Gasteiger partial charge on any atom is -0.462 e. The highest BCUT2D eigenvalue weighted by Gasteiger charge is 2.19. The first-order valence-electron chi connectivity index (χ1n) is 29.1. The van der Waals surface area contributed by atoms with Crippen LogP contribution in [0.4, 0.5) is 0 Å². The minimum absolute atomic E-state index is 0.0732. The van der Waals surface area contributed by atoms with Crippen LogP contribution in [-0.4, -0.2) is 37.2 Å². The summed E-state index contributed by atoms with van der Waals surface area (Å²) in [6.45, 7) is 6.55. The van der Waals surface area contributed by atoms with Gasteiger partial charge in [-0.3, -0.25) is 14.4 Å². The van der Waals surface area contributed by atoms with Crippen molar-refractivity contribution in [3.63, 3.8) is 0 Å². The van der Waals surface area contributed by atoms with Gasteiger partial charge >= 0.3 is 17.9 Å². The number of esters is 3. The fraction of sp³-hybridized carbons (Fsp3) is 0.820. The zero-order chi connectivity index (χ0) is 48.6. The van der Waals surface area contributed by atoms with Gasteiger partial charge in [-0.2, -0.15) is 0 Å². The zero-order valence-electron chi connectivity index (χ0n) is 44.7. The topological polar surface area (TPSA) is 78.9 Å². The predicted molar refractivity (Wildman–Crippen MR) is 289 cm³/mol. The molecule has 0 rings (SSSR count). The normalized spacial score (nSPS) is 12.3. The molecule has 390 valence electrons. The summed E-state index contributed by atoms with van der Waals surface area (Å²) < 4.78 is 16.9. The van der Waals surface area contributed by atoms with Crippen LogP contribution in [0.1, 0.15) is 303 Å². The summed E-state index contributed by atoms with van der Waals surface area (Å²) in [4.78, 5) is 38.2. The molecule has 0 radical (unpaired) electrons. The van der Waals surface area contributed by atoms with E-state index in [1.165, 1.54) is 186 Å². The molecule has 0 aliphatic rings. The molecule has 0 spiro atoms. The molecule has 0 heterocycles. The summed E-state index contributed by atoms with van der Waals surface area (Å²) >= 11 is 0. The van der Waals surface area contributed by atoms with Gasteiger partial charge < -0.3 is 14.2 Å². The quantitative estimate of drug-likeness (QED) is 0.0262. The number of unbranched alkanes of at least 4 members (excludes halogenated alkanes) is 34. The highest BCUT2D eigenvalue weighted by atomic mass is 16.6. The van der Waals surface area contributed by atoms with Crippen LogP contribution in [0.25, 0.3) is 0 Å². The first-order valence-corrected chi connectivity index (χ1v) is 29.1. The minimum atomic E-state index is -0.775. The van der Waals surface area contributed by atoms with Crippen LogP contribution in [0.15, 0.2) is 48.6 Å². The van der Waals surface area contributed by atoms with Crippen molar-refractivity contribution in [2.75, 3.05) is 13.2 Å². The number of carbonyl (C=O) groups excluding carboxylic acids is 3. The number of rotatable bonds is 53. The number of allylic oxidation sites excluding steroid dienone is 8. The molecule has 0 aliphatic heterocycles. The molecule has 0 aromatic heterocycles. The zero-order valence-corrected chi connectivity index (χ0v) is 44.7. The van der Waals surface area contributed by atoms with Crippen molar-refractivity contribution >= 4 is 17.9 Å². The van der Waals surface area contributed by atoms with Gasteiger partial charge in [0.25, 0.3) is 0 Å². The highest BCUT2D eigenvalue weighted by Crippen LogP contribution is 2.16. The summed E-state index contributed by atoms with van der Waals surface area (Å²) in [5, 5.41) is 0. The van der Waals surface area contributed by atoms with Crippen molar-refractivity contribution in [3.05, 3.63) is 48.6 Å². The molecule has 0 N–H and O–H groups in total. The number of carbonyl (C=O) groups is 3. The molecule has 1 atom stereocenters. The summed E-state index contributed by atoms with van der Waals surface area (Å²) in [5.74, 6) is -0.868. The van der Waals surface area contributed by atoms with Gasteiger partial charge in [-0.25, -0.2) is 0 Å². The van der Waals surface area contributed by atoms with Crippen molar-refractivity contribution in [2.24, 2.45) is 0 Å². The molecule has 0 amide bonds. The molecule has 67 heavy (non-hydrogen) atoms. The van der Waals surface area contributed by atoms with E-state index >= 15 is 0 Å². The van der Waals surface area contributed by atoms with Gasteiger partial charge in [0.15, 0.2) is 6.10 Å². The molecule has 0 bridgehead atoms. The van der Waals surface area contributed by atoms with Gasteiger partial charge in [-0.1, -0.05) is 256 Å². The van der Waals surface area contributed by atoms with Crippen LogP contribution in [0.2, 0.25) is 0 Å². The average molecular weight is 940 g/mol. The molecular formula is C61H110O6. The molecule has 1 unspecified atom stereocenters. The summed E-state index contributed by atoms with van der Waals surface area (Å²) in [7, 11) is 0. The van der Waals surface area contributed by atoms with Gasteiger partial charge in [-0.15, -0.1) is 0 Å². The van der Waals surface area contributed by atoms with Gasteiger partial charge in [0.05, 0.1) is 0 Å². The van der Waals surface area contributed by atoms with E-state index in [2.05, 4.69) is 69.4 Å². The monoisotopic (exact) mass is 939 g/mol. The third kappa shape index (κ3) is 54.2. The molecular weight excluding hydrogens is 829 g/mol. The third-order valence-electron chi connectivity index (χ3n) is 12.8. The van der Waals surface area contributed by atoms with E-state index in [9.17, 15) is 14.4 Å². The first kappa shape index (κ1) is 64.4. The molecule has 0 aliphatic carbocycles. The molecule has 0 aromatic rings.